The van der Waals surface area contributed by atoms with Crippen LogP contribution < -0.4 is 5.43 Å². The van der Waals surface area contributed by atoms with Gasteiger partial charge in [-0.3, -0.25) is 10.4 Å². The van der Waals surface area contributed by atoms with E-state index in [1.54, 1.807) is 11.8 Å². The first kappa shape index (κ1) is 12.2. The van der Waals surface area contributed by atoms with E-state index in [9.17, 15) is 0 Å². The highest BCUT2D eigenvalue weighted by atomic mass is 32.2. The van der Waals surface area contributed by atoms with Gasteiger partial charge in [0, 0.05) is 5.75 Å². The number of hydrogen-bond donors (Lipinski definition) is 1. The van der Waals surface area contributed by atoms with E-state index in [-0.39, 0.29) is 5.54 Å². The molecule has 0 amide bonds. The topological polar surface area (TPSA) is 36.8 Å². The molecule has 1 N–H and O–H groups in total. The molecule has 0 fully saturated rings. The van der Waals surface area contributed by atoms with E-state index in [2.05, 4.69) is 48.4 Å². The van der Waals surface area contributed by atoms with Crippen LogP contribution in [0, 0.1) is 0 Å². The second kappa shape index (κ2) is 4.92. The molecule has 0 saturated carbocycles. The molecule has 90 valence electrons. The summed E-state index contributed by atoms with van der Waals surface area (Å²) in [5, 5.41) is 5.28. The van der Waals surface area contributed by atoms with E-state index in [1.807, 2.05) is 18.2 Å². The highest BCUT2D eigenvalue weighted by Crippen LogP contribution is 2.16. The smallest absolute Gasteiger partial charge is 0.178 e. The summed E-state index contributed by atoms with van der Waals surface area (Å²) in [6.45, 7) is 6.25. The van der Waals surface area contributed by atoms with Gasteiger partial charge in [-0.25, -0.2) is 0 Å². The molecule has 2 rings (SSSR count). The lowest BCUT2D eigenvalue weighted by atomic mass is 10.1. The van der Waals surface area contributed by atoms with Gasteiger partial charge < -0.3 is 0 Å². The monoisotopic (exact) mass is 247 g/mol. The molecular formula is C13H17N3S. The van der Waals surface area contributed by atoms with Crippen molar-refractivity contribution in [3.05, 3.63) is 35.9 Å². The number of hydrogen-bond acceptors (Lipinski definition) is 3. The van der Waals surface area contributed by atoms with Gasteiger partial charge in [0.2, 0.25) is 0 Å². The summed E-state index contributed by atoms with van der Waals surface area (Å²) in [5.74, 6) is 0.867. The molecule has 0 unspecified atom stereocenters. The molecule has 1 heterocycles. The zero-order valence-corrected chi connectivity index (χ0v) is 11.2. The number of nitrogens with zero attached hydrogens (tertiary/aromatic N) is 2. The minimum Gasteiger partial charge on any atom is -0.256 e. The second-order valence-electron chi connectivity index (χ2n) is 4.91. The van der Waals surface area contributed by atoms with Gasteiger partial charge in [0.05, 0.1) is 11.3 Å². The van der Waals surface area contributed by atoms with Gasteiger partial charge in [0.25, 0.3) is 0 Å². The number of rotatable bonds is 1. The Labute approximate surface area is 106 Å². The van der Waals surface area contributed by atoms with Crippen molar-refractivity contribution in [1.29, 1.82) is 0 Å². The van der Waals surface area contributed by atoms with E-state index in [1.165, 1.54) is 5.56 Å². The van der Waals surface area contributed by atoms with E-state index < -0.39 is 0 Å². The molecule has 17 heavy (non-hydrogen) atoms. The maximum absolute atomic E-state index is 4.56. The van der Waals surface area contributed by atoms with E-state index in [0.717, 1.165) is 16.6 Å². The van der Waals surface area contributed by atoms with E-state index in [4.69, 9.17) is 0 Å². The Morgan fingerprint density at radius 3 is 2.47 bits per heavy atom. The Balaban J connectivity index is 2.11. The summed E-state index contributed by atoms with van der Waals surface area (Å²) in [7, 11) is 0. The van der Waals surface area contributed by atoms with Crippen molar-refractivity contribution in [2.45, 2.75) is 26.3 Å². The minimum atomic E-state index is -0.0604. The van der Waals surface area contributed by atoms with Crippen LogP contribution >= 0.6 is 11.8 Å². The predicted molar refractivity (Wildman–Crippen MR) is 75.8 cm³/mol. The highest BCUT2D eigenvalue weighted by Gasteiger charge is 2.15. The number of hydrazone groups is 1. The minimum absolute atomic E-state index is 0.0604. The summed E-state index contributed by atoms with van der Waals surface area (Å²) >= 11 is 1.70. The van der Waals surface area contributed by atoms with E-state index >= 15 is 0 Å². The fraction of sp³-hybridized carbons (Fsp3) is 0.385. The maximum Gasteiger partial charge on any atom is 0.178 e. The zero-order chi connectivity index (χ0) is 12.3. The lowest BCUT2D eigenvalue weighted by molar-refractivity contribution is 0.582. The molecule has 4 heteroatoms. The number of amidine groups is 1. The van der Waals surface area contributed by atoms with Gasteiger partial charge in [-0.15, -0.1) is 0 Å². The number of thioether (sulfide) groups is 1. The largest absolute Gasteiger partial charge is 0.256 e. The van der Waals surface area contributed by atoms with E-state index in [0.29, 0.717) is 0 Å². The van der Waals surface area contributed by atoms with Crippen LogP contribution in [0.3, 0.4) is 0 Å². The number of aliphatic imine (C=N–C) groups is 1. The lowest BCUT2D eigenvalue weighted by Crippen LogP contribution is -2.28. The standard InChI is InChI=1S/C13H17N3S/c1-13(2,3)14-12-16-15-11(9-17-12)10-7-5-4-6-8-10/h4-8H,9H2,1-3H3,(H,14,16). The molecule has 3 nitrogen and oxygen atoms in total. The summed E-state index contributed by atoms with van der Waals surface area (Å²) in [6.07, 6.45) is 0. The molecule has 1 aromatic rings. The Kier molecular flexibility index (Phi) is 3.52. The normalized spacial score (nSPS) is 18.8. The highest BCUT2D eigenvalue weighted by molar-refractivity contribution is 8.14. The third-order valence-corrected chi connectivity index (χ3v) is 3.05. The molecule has 0 atom stereocenters. The maximum atomic E-state index is 4.56. The Bertz CT molecular complexity index is 443. The fourth-order valence-corrected chi connectivity index (χ4v) is 2.41. The SMILES string of the molecule is CC(C)(C)N=C1NN=C(c2ccccc2)CS1. The third kappa shape index (κ3) is 3.60. The molecule has 1 aliphatic rings. The van der Waals surface area contributed by atoms with Gasteiger partial charge >= 0.3 is 0 Å². The average Bonchev–Trinajstić information content (AvgIpc) is 2.29. The van der Waals surface area contributed by atoms with Gasteiger partial charge in [0.1, 0.15) is 0 Å². The zero-order valence-electron chi connectivity index (χ0n) is 10.4. The van der Waals surface area contributed by atoms with Crippen molar-refractivity contribution in [1.82, 2.24) is 5.43 Å². The number of nitrogens with one attached hydrogen (secondary N) is 1. The summed E-state index contributed by atoms with van der Waals surface area (Å²) in [6, 6.07) is 10.2. The average molecular weight is 247 g/mol. The molecule has 0 aromatic heterocycles. The van der Waals surface area contributed by atoms with Gasteiger partial charge in [-0.1, -0.05) is 42.1 Å². The summed E-state index contributed by atoms with van der Waals surface area (Å²) in [4.78, 5) is 4.56. The molecule has 1 aromatic carbocycles. The van der Waals surface area contributed by atoms with Crippen LogP contribution in [0.2, 0.25) is 0 Å². The lowest BCUT2D eigenvalue weighted by Gasteiger charge is -2.19. The van der Waals surface area contributed by atoms with Crippen molar-refractivity contribution in [2.75, 3.05) is 5.75 Å². The fourth-order valence-electron chi connectivity index (χ4n) is 1.46. The quantitative estimate of drug-likeness (QED) is 0.828. The summed E-state index contributed by atoms with van der Waals surface area (Å²) in [5.41, 5.74) is 5.21. The predicted octanol–water partition coefficient (Wildman–Crippen LogP) is 2.88. The Morgan fingerprint density at radius 1 is 1.24 bits per heavy atom. The molecule has 0 aliphatic carbocycles. The Morgan fingerprint density at radius 2 is 1.94 bits per heavy atom. The van der Waals surface area contributed by atoms with Crippen LogP contribution in [-0.2, 0) is 0 Å². The van der Waals surface area contributed by atoms with Crippen molar-refractivity contribution in [3.8, 4) is 0 Å². The first-order valence-electron chi connectivity index (χ1n) is 5.65. The van der Waals surface area contributed by atoms with Crippen molar-refractivity contribution in [2.24, 2.45) is 10.1 Å². The number of benzene rings is 1. The van der Waals surface area contributed by atoms with Crippen LogP contribution in [0.1, 0.15) is 26.3 Å². The third-order valence-electron chi connectivity index (χ3n) is 2.18. The van der Waals surface area contributed by atoms with Gasteiger partial charge in [-0.05, 0) is 26.3 Å². The summed E-state index contributed by atoms with van der Waals surface area (Å²) < 4.78 is 0. The van der Waals surface area contributed by atoms with Gasteiger partial charge in [-0.2, -0.15) is 5.10 Å². The van der Waals surface area contributed by atoms with Crippen LogP contribution in [0.4, 0.5) is 0 Å². The van der Waals surface area contributed by atoms with Crippen LogP contribution in [0.5, 0.6) is 0 Å². The van der Waals surface area contributed by atoms with Crippen LogP contribution in [0.15, 0.2) is 40.4 Å². The second-order valence-corrected chi connectivity index (χ2v) is 5.88. The van der Waals surface area contributed by atoms with Crippen LogP contribution in [0.25, 0.3) is 0 Å². The Hall–Kier alpha value is -1.29. The van der Waals surface area contributed by atoms with Crippen molar-refractivity contribution in [3.63, 3.8) is 0 Å². The van der Waals surface area contributed by atoms with Crippen molar-refractivity contribution >= 4 is 22.6 Å². The first-order chi connectivity index (χ1) is 8.04. The van der Waals surface area contributed by atoms with Crippen molar-refractivity contribution < 1.29 is 0 Å². The molecule has 0 spiro atoms. The molecule has 0 saturated heterocycles. The molecular weight excluding hydrogens is 230 g/mol. The van der Waals surface area contributed by atoms with Gasteiger partial charge in [0.15, 0.2) is 5.17 Å². The molecule has 0 radical (unpaired) electrons. The first-order valence-corrected chi connectivity index (χ1v) is 6.64. The molecule has 0 bridgehead atoms. The van der Waals surface area contributed by atoms with Crippen LogP contribution in [-0.4, -0.2) is 22.2 Å². The molecule has 1 aliphatic heterocycles.